The predicted octanol–water partition coefficient (Wildman–Crippen LogP) is 3.73. The fourth-order valence-corrected chi connectivity index (χ4v) is 5.52. The van der Waals surface area contributed by atoms with Crippen molar-refractivity contribution < 1.29 is 18.3 Å². The maximum Gasteiger partial charge on any atom is 0.178 e. The lowest BCUT2D eigenvalue weighted by Crippen LogP contribution is -2.45. The van der Waals surface area contributed by atoms with Crippen LogP contribution in [0.15, 0.2) is 59.6 Å². The normalized spacial score (nSPS) is 22.7. The number of nitrogens with zero attached hydrogens (tertiary/aromatic N) is 1. The topological polar surface area (TPSA) is 70.2 Å². The number of likely N-dealkylation sites (N-methyl/N-ethyl adjacent to an activating group) is 1. The molecule has 2 N–H and O–H groups in total. The summed E-state index contributed by atoms with van der Waals surface area (Å²) in [6.07, 6.45) is 5.39. The number of hydroxylamine groups is 3. The molecule has 2 aromatic carbocycles. The van der Waals surface area contributed by atoms with Crippen LogP contribution in [0.2, 0.25) is 0 Å². The molecule has 1 aliphatic rings. The smallest absolute Gasteiger partial charge is 0.178 e. The van der Waals surface area contributed by atoms with Gasteiger partial charge in [-0.05, 0) is 41.8 Å². The van der Waals surface area contributed by atoms with Gasteiger partial charge in [0, 0.05) is 36.4 Å². The van der Waals surface area contributed by atoms with Gasteiger partial charge in [-0.15, -0.1) is 0 Å². The van der Waals surface area contributed by atoms with Gasteiger partial charge in [0.1, 0.15) is 12.6 Å². The predicted molar refractivity (Wildman–Crippen MR) is 110 cm³/mol. The number of likely N-dealkylation sites (tertiary alicyclic amines) is 1. The molecule has 2 atom stereocenters. The van der Waals surface area contributed by atoms with Crippen molar-refractivity contribution in [2.45, 2.75) is 36.6 Å². The van der Waals surface area contributed by atoms with Gasteiger partial charge in [0.15, 0.2) is 9.84 Å². The molecule has 5 nitrogen and oxygen atoms in total. The highest BCUT2D eigenvalue weighted by Crippen LogP contribution is 2.29. The largest absolute Gasteiger partial charge is 0.361 e. The Bertz CT molecular complexity index is 1070. The van der Waals surface area contributed by atoms with Crippen LogP contribution in [0.4, 0.5) is 0 Å². The molecule has 4 rings (SSSR count). The third kappa shape index (κ3) is 3.85. The van der Waals surface area contributed by atoms with Crippen LogP contribution in [0.5, 0.6) is 0 Å². The van der Waals surface area contributed by atoms with E-state index < -0.39 is 9.84 Å². The molecule has 0 saturated carbocycles. The lowest BCUT2D eigenvalue weighted by Gasteiger charge is -2.27. The van der Waals surface area contributed by atoms with Gasteiger partial charge in [-0.2, -0.15) is 4.65 Å². The Balaban J connectivity index is 1.53. The first kappa shape index (κ1) is 19.2. The zero-order valence-corrected chi connectivity index (χ0v) is 17.0. The summed E-state index contributed by atoms with van der Waals surface area (Å²) in [6.45, 7) is 0.801. The lowest BCUT2D eigenvalue weighted by atomic mass is 10.0. The van der Waals surface area contributed by atoms with Crippen LogP contribution in [-0.2, 0) is 22.7 Å². The van der Waals surface area contributed by atoms with E-state index in [-0.39, 0.29) is 16.4 Å². The molecule has 28 heavy (non-hydrogen) atoms. The summed E-state index contributed by atoms with van der Waals surface area (Å²) < 4.78 is 25.2. The molecule has 1 aromatic heterocycles. The van der Waals surface area contributed by atoms with Gasteiger partial charge in [0.25, 0.3) is 0 Å². The average Bonchev–Trinajstić information content (AvgIpc) is 3.24. The van der Waals surface area contributed by atoms with E-state index in [1.165, 1.54) is 5.56 Å². The van der Waals surface area contributed by atoms with Crippen LogP contribution in [0.25, 0.3) is 10.9 Å². The number of rotatable bonds is 6. The number of aryl methyl sites for hydroxylation is 1. The van der Waals surface area contributed by atoms with Gasteiger partial charge in [-0.1, -0.05) is 24.3 Å². The quantitative estimate of drug-likeness (QED) is 0.621. The molecule has 0 bridgehead atoms. The molecule has 0 radical (unpaired) electrons. The summed E-state index contributed by atoms with van der Waals surface area (Å²) in [5.41, 5.74) is 3.25. The van der Waals surface area contributed by atoms with Crippen molar-refractivity contribution in [3.63, 3.8) is 0 Å². The molecule has 3 aromatic rings. The maximum absolute atomic E-state index is 12.6. The summed E-state index contributed by atoms with van der Waals surface area (Å²) in [6, 6.07) is 14.9. The van der Waals surface area contributed by atoms with E-state index in [9.17, 15) is 13.6 Å². The molecule has 1 fully saturated rings. The van der Waals surface area contributed by atoms with E-state index in [1.807, 2.05) is 31.4 Å². The summed E-state index contributed by atoms with van der Waals surface area (Å²) >= 11 is 0. The van der Waals surface area contributed by atoms with Crippen molar-refractivity contribution in [2.24, 2.45) is 0 Å². The van der Waals surface area contributed by atoms with E-state index in [2.05, 4.69) is 11.1 Å². The number of nitrogens with one attached hydrogen (secondary N) is 1. The van der Waals surface area contributed by atoms with Crippen molar-refractivity contribution in [3.8, 4) is 0 Å². The SMILES string of the molecule is C[N+]1(O)CCC[C@@H]1Cc1c[nH]c2ccc(CCS(=O)(=O)c3ccccc3)cc12. The van der Waals surface area contributed by atoms with Crippen molar-refractivity contribution in [3.05, 3.63) is 65.9 Å². The van der Waals surface area contributed by atoms with Crippen molar-refractivity contribution >= 4 is 20.7 Å². The number of benzene rings is 2. The number of aromatic amines is 1. The highest BCUT2D eigenvalue weighted by molar-refractivity contribution is 7.91. The number of H-pyrrole nitrogens is 1. The second-order valence-corrected chi connectivity index (χ2v) is 10.1. The van der Waals surface area contributed by atoms with E-state index in [0.717, 1.165) is 42.3 Å². The zero-order valence-electron chi connectivity index (χ0n) is 16.1. The molecule has 1 saturated heterocycles. The minimum atomic E-state index is -3.29. The standard InChI is InChI=1S/C22H27N2O3S/c1-24(25)12-5-6-19(24)15-18-16-23-22-10-9-17(14-21(18)22)11-13-28(26,27)20-7-3-2-4-8-20/h2-4,7-10,14,16,19,23,25H,5-6,11-13,15H2,1H3/q+1/t19-,24?/m1/s1. The van der Waals surface area contributed by atoms with Crippen LogP contribution < -0.4 is 0 Å². The summed E-state index contributed by atoms with van der Waals surface area (Å²) in [7, 11) is -1.40. The highest BCUT2D eigenvalue weighted by atomic mass is 32.2. The van der Waals surface area contributed by atoms with Gasteiger partial charge in [-0.25, -0.2) is 13.6 Å². The van der Waals surface area contributed by atoms with Crippen LogP contribution in [-0.4, -0.2) is 48.6 Å². The number of aromatic nitrogens is 1. The first-order valence-corrected chi connectivity index (χ1v) is 11.4. The van der Waals surface area contributed by atoms with Gasteiger partial charge >= 0.3 is 0 Å². The molecular formula is C22H27N2O3S+. The number of hydrogen-bond acceptors (Lipinski definition) is 3. The molecule has 6 heteroatoms. The van der Waals surface area contributed by atoms with E-state index >= 15 is 0 Å². The first-order valence-electron chi connectivity index (χ1n) is 9.80. The average molecular weight is 400 g/mol. The Hall–Kier alpha value is -2.15. The van der Waals surface area contributed by atoms with Gasteiger partial charge in [-0.3, -0.25) is 0 Å². The van der Waals surface area contributed by atoms with Gasteiger partial charge < -0.3 is 4.98 Å². The molecule has 0 amide bonds. The zero-order chi connectivity index (χ0) is 19.8. The molecule has 0 aliphatic carbocycles. The maximum atomic E-state index is 12.6. The van der Waals surface area contributed by atoms with Crippen molar-refractivity contribution in [1.29, 1.82) is 0 Å². The number of quaternary nitrogens is 1. The monoisotopic (exact) mass is 399 g/mol. The van der Waals surface area contributed by atoms with Crippen LogP contribution in [0, 0.1) is 0 Å². The van der Waals surface area contributed by atoms with Gasteiger partial charge in [0.05, 0.1) is 17.7 Å². The minimum absolute atomic E-state index is 0.0850. The Morgan fingerprint density at radius 1 is 1.18 bits per heavy atom. The Morgan fingerprint density at radius 2 is 1.96 bits per heavy atom. The summed E-state index contributed by atoms with van der Waals surface area (Å²) in [4.78, 5) is 3.68. The van der Waals surface area contributed by atoms with E-state index in [0.29, 0.717) is 11.3 Å². The Kier molecular flexibility index (Phi) is 5.04. The second-order valence-electron chi connectivity index (χ2n) is 8.01. The van der Waals surface area contributed by atoms with E-state index in [4.69, 9.17) is 0 Å². The fourth-order valence-electron chi connectivity index (χ4n) is 4.21. The van der Waals surface area contributed by atoms with Gasteiger partial charge in [0.2, 0.25) is 0 Å². The van der Waals surface area contributed by atoms with Crippen molar-refractivity contribution in [2.75, 3.05) is 19.3 Å². The van der Waals surface area contributed by atoms with Crippen LogP contribution in [0.1, 0.15) is 24.0 Å². The number of sulfone groups is 1. The molecule has 0 spiro atoms. The summed E-state index contributed by atoms with van der Waals surface area (Å²) in [5.74, 6) is 0.0938. The molecule has 2 heterocycles. The molecule has 148 valence electrons. The first-order chi connectivity index (χ1) is 13.4. The van der Waals surface area contributed by atoms with E-state index in [1.54, 1.807) is 24.3 Å². The number of hydrogen-bond donors (Lipinski definition) is 2. The molecular weight excluding hydrogens is 372 g/mol. The highest BCUT2D eigenvalue weighted by Gasteiger charge is 2.37. The second kappa shape index (κ2) is 7.35. The van der Waals surface area contributed by atoms with Crippen LogP contribution >= 0.6 is 0 Å². The third-order valence-corrected chi connectivity index (χ3v) is 7.72. The molecule has 1 aliphatic heterocycles. The minimum Gasteiger partial charge on any atom is -0.361 e. The van der Waals surface area contributed by atoms with Crippen LogP contribution in [0.3, 0.4) is 0 Å². The van der Waals surface area contributed by atoms with Crippen molar-refractivity contribution in [1.82, 2.24) is 4.98 Å². The summed E-state index contributed by atoms with van der Waals surface area (Å²) in [5, 5.41) is 11.6. The number of fused-ring (bicyclic) bond motifs is 1. The lowest BCUT2D eigenvalue weighted by molar-refractivity contribution is -1.10. The Labute approximate surface area is 166 Å². The third-order valence-electron chi connectivity index (χ3n) is 5.98. The molecule has 1 unspecified atom stereocenters. The Morgan fingerprint density at radius 3 is 2.68 bits per heavy atom. The fraction of sp³-hybridized carbons (Fsp3) is 0.364.